The van der Waals surface area contributed by atoms with Gasteiger partial charge in [-0.3, -0.25) is 0 Å². The fourth-order valence-electron chi connectivity index (χ4n) is 0.608. The predicted octanol–water partition coefficient (Wildman–Crippen LogP) is -0.353. The van der Waals surface area contributed by atoms with Gasteiger partial charge in [0.05, 0.1) is 13.2 Å². The van der Waals surface area contributed by atoms with Crippen molar-refractivity contribution in [3.8, 4) is 0 Å². The van der Waals surface area contributed by atoms with Crippen molar-refractivity contribution < 1.29 is 19.3 Å². The van der Waals surface area contributed by atoms with E-state index in [0.29, 0.717) is 0 Å². The highest BCUT2D eigenvalue weighted by Gasteiger charge is 2.27. The number of aliphatic hydroxyl groups is 1. The second-order valence-electron chi connectivity index (χ2n) is 1.73. The largest absolute Gasteiger partial charge is 0.388 e. The first-order valence-electron chi connectivity index (χ1n) is 2.38. The number of rotatable bonds is 1. The summed E-state index contributed by atoms with van der Waals surface area (Å²) in [7, 11) is 0. The Morgan fingerprint density at radius 1 is 1.62 bits per heavy atom. The molecule has 0 amide bonds. The standard InChI is InChI=1S/C4H7FO3/c5-8-4-2-7-1-3(4)6/h3-4,6H,1-2H2/t3-,4+/m0/s1. The Labute approximate surface area is 45.9 Å². The molecule has 0 aliphatic carbocycles. The van der Waals surface area contributed by atoms with Crippen LogP contribution in [0.4, 0.5) is 4.53 Å². The van der Waals surface area contributed by atoms with Crippen molar-refractivity contribution in [3.05, 3.63) is 0 Å². The van der Waals surface area contributed by atoms with Gasteiger partial charge in [0.1, 0.15) is 12.2 Å². The number of hydrogen-bond donors (Lipinski definition) is 1. The van der Waals surface area contributed by atoms with Crippen molar-refractivity contribution in [3.63, 3.8) is 0 Å². The Bertz CT molecular complexity index is 77.7. The van der Waals surface area contributed by atoms with Gasteiger partial charge in [-0.1, -0.05) is 0 Å². The van der Waals surface area contributed by atoms with Gasteiger partial charge in [0.15, 0.2) is 0 Å². The summed E-state index contributed by atoms with van der Waals surface area (Å²) in [5.41, 5.74) is 0. The average molecular weight is 122 g/mol. The van der Waals surface area contributed by atoms with E-state index in [2.05, 4.69) is 9.68 Å². The van der Waals surface area contributed by atoms with Crippen LogP contribution in [0.25, 0.3) is 0 Å². The maximum atomic E-state index is 11.2. The zero-order valence-corrected chi connectivity index (χ0v) is 4.21. The predicted molar refractivity (Wildman–Crippen MR) is 22.8 cm³/mol. The molecular formula is C4H7FO3. The molecule has 8 heavy (non-hydrogen) atoms. The molecule has 0 aromatic heterocycles. The lowest BCUT2D eigenvalue weighted by molar-refractivity contribution is -0.197. The van der Waals surface area contributed by atoms with Gasteiger partial charge in [-0.15, -0.1) is 0 Å². The van der Waals surface area contributed by atoms with Crippen molar-refractivity contribution in [1.82, 2.24) is 0 Å². The molecule has 4 heteroatoms. The lowest BCUT2D eigenvalue weighted by Crippen LogP contribution is -2.23. The summed E-state index contributed by atoms with van der Waals surface area (Å²) in [6.07, 6.45) is -1.56. The monoisotopic (exact) mass is 122 g/mol. The van der Waals surface area contributed by atoms with Gasteiger partial charge < -0.3 is 9.84 Å². The SMILES string of the molecule is O[C@H]1COC[C@H]1OF. The fraction of sp³-hybridized carbons (Fsp3) is 1.00. The minimum Gasteiger partial charge on any atom is -0.388 e. The van der Waals surface area contributed by atoms with Gasteiger partial charge in [-0.25, -0.2) is 0 Å². The molecule has 0 aromatic carbocycles. The van der Waals surface area contributed by atoms with E-state index in [1.807, 2.05) is 0 Å². The van der Waals surface area contributed by atoms with Crippen molar-refractivity contribution in [2.75, 3.05) is 13.2 Å². The number of halogens is 1. The Morgan fingerprint density at radius 2 is 2.38 bits per heavy atom. The summed E-state index contributed by atoms with van der Waals surface area (Å²) in [6, 6.07) is 0. The van der Waals surface area contributed by atoms with Crippen LogP contribution in [0.3, 0.4) is 0 Å². The lowest BCUT2D eigenvalue weighted by atomic mass is 10.3. The Hall–Kier alpha value is -0.190. The van der Waals surface area contributed by atoms with Crippen molar-refractivity contribution in [1.29, 1.82) is 0 Å². The van der Waals surface area contributed by atoms with E-state index in [0.717, 1.165) is 0 Å². The minimum absolute atomic E-state index is 0.150. The summed E-state index contributed by atoms with van der Waals surface area (Å²) in [5, 5.41) is 8.70. The van der Waals surface area contributed by atoms with Crippen LogP contribution >= 0.6 is 0 Å². The van der Waals surface area contributed by atoms with Crippen LogP contribution < -0.4 is 0 Å². The summed E-state index contributed by atoms with van der Waals surface area (Å²) >= 11 is 0. The van der Waals surface area contributed by atoms with Crippen molar-refractivity contribution in [2.24, 2.45) is 0 Å². The molecular weight excluding hydrogens is 115 g/mol. The molecule has 1 fully saturated rings. The molecule has 1 N–H and O–H groups in total. The van der Waals surface area contributed by atoms with Gasteiger partial charge >= 0.3 is 0 Å². The van der Waals surface area contributed by atoms with Crippen molar-refractivity contribution in [2.45, 2.75) is 12.2 Å². The first kappa shape index (κ1) is 5.94. The highest BCUT2D eigenvalue weighted by Crippen LogP contribution is 2.08. The lowest BCUT2D eigenvalue weighted by Gasteiger charge is -2.03. The van der Waals surface area contributed by atoms with E-state index >= 15 is 0 Å². The topological polar surface area (TPSA) is 38.7 Å². The van der Waals surface area contributed by atoms with E-state index < -0.39 is 12.2 Å². The molecule has 0 aromatic rings. The minimum atomic E-state index is -0.792. The normalized spacial score (nSPS) is 38.2. The number of ether oxygens (including phenoxy) is 1. The molecule has 0 radical (unpaired) electrons. The van der Waals surface area contributed by atoms with Gasteiger partial charge in [-0.05, 0) is 4.53 Å². The second kappa shape index (κ2) is 2.39. The van der Waals surface area contributed by atoms with Gasteiger partial charge in [0, 0.05) is 0 Å². The highest BCUT2D eigenvalue weighted by atomic mass is 19.3. The molecule has 0 bridgehead atoms. The van der Waals surface area contributed by atoms with Gasteiger partial charge in [0.25, 0.3) is 0 Å². The number of aliphatic hydroxyl groups excluding tert-OH is 1. The van der Waals surface area contributed by atoms with Crippen LogP contribution in [0.2, 0.25) is 0 Å². The molecule has 0 saturated carbocycles. The smallest absolute Gasteiger partial charge is 0.150 e. The third-order valence-corrected chi connectivity index (χ3v) is 1.11. The van der Waals surface area contributed by atoms with Crippen LogP contribution in [-0.2, 0) is 9.68 Å². The molecule has 3 nitrogen and oxygen atoms in total. The third-order valence-electron chi connectivity index (χ3n) is 1.11. The van der Waals surface area contributed by atoms with E-state index in [9.17, 15) is 4.53 Å². The van der Waals surface area contributed by atoms with Gasteiger partial charge in [0.2, 0.25) is 0 Å². The average Bonchev–Trinajstić information content (AvgIpc) is 2.14. The molecule has 48 valence electrons. The van der Waals surface area contributed by atoms with Gasteiger partial charge in [-0.2, -0.15) is 4.94 Å². The summed E-state index contributed by atoms with van der Waals surface area (Å²) in [6.45, 7) is 0.326. The maximum absolute atomic E-state index is 11.2. The van der Waals surface area contributed by atoms with Crippen molar-refractivity contribution >= 4 is 0 Å². The number of hydrogen-bond acceptors (Lipinski definition) is 3. The first-order valence-corrected chi connectivity index (χ1v) is 2.38. The molecule has 1 heterocycles. The fourth-order valence-corrected chi connectivity index (χ4v) is 0.608. The van der Waals surface area contributed by atoms with Crippen LogP contribution in [-0.4, -0.2) is 30.5 Å². The van der Waals surface area contributed by atoms with Crippen LogP contribution in [0.15, 0.2) is 0 Å². The molecule has 1 saturated heterocycles. The molecule has 1 aliphatic rings. The van der Waals surface area contributed by atoms with Crippen LogP contribution in [0.5, 0.6) is 0 Å². The Balaban J connectivity index is 2.30. The zero-order chi connectivity index (χ0) is 5.98. The Morgan fingerprint density at radius 3 is 2.62 bits per heavy atom. The van der Waals surface area contributed by atoms with E-state index in [1.165, 1.54) is 0 Å². The quantitative estimate of drug-likeness (QED) is 0.516. The summed E-state index contributed by atoms with van der Waals surface area (Å²) in [4.78, 5) is 3.35. The molecule has 1 aliphatic heterocycles. The molecule has 0 unspecified atom stereocenters. The summed E-state index contributed by atoms with van der Waals surface area (Å²) < 4.78 is 15.9. The van der Waals surface area contributed by atoms with E-state index in [-0.39, 0.29) is 13.2 Å². The first-order chi connectivity index (χ1) is 3.84. The van der Waals surface area contributed by atoms with Crippen LogP contribution in [0, 0.1) is 0 Å². The highest BCUT2D eigenvalue weighted by molar-refractivity contribution is 4.72. The Kier molecular flexibility index (Phi) is 1.77. The third kappa shape index (κ3) is 0.964. The summed E-state index contributed by atoms with van der Waals surface area (Å²) in [5.74, 6) is 0. The van der Waals surface area contributed by atoms with Crippen LogP contribution in [0.1, 0.15) is 0 Å². The zero-order valence-electron chi connectivity index (χ0n) is 4.21. The van der Waals surface area contributed by atoms with E-state index in [4.69, 9.17) is 5.11 Å². The second-order valence-corrected chi connectivity index (χ2v) is 1.73. The molecule has 1 rings (SSSR count). The van der Waals surface area contributed by atoms with E-state index in [1.54, 1.807) is 0 Å². The molecule has 2 atom stereocenters. The molecule has 0 spiro atoms. The maximum Gasteiger partial charge on any atom is 0.150 e.